The molecule has 2 atom stereocenters. The second-order valence-electron chi connectivity index (χ2n) is 5.95. The molecule has 1 fully saturated rings. The second kappa shape index (κ2) is 7.85. The molecule has 1 aliphatic heterocycles. The number of ether oxygens (including phenoxy) is 1. The van der Waals surface area contributed by atoms with Gasteiger partial charge in [0, 0.05) is 6.61 Å². The summed E-state index contributed by atoms with van der Waals surface area (Å²) >= 11 is 1.44. The minimum atomic E-state index is -0.296. The summed E-state index contributed by atoms with van der Waals surface area (Å²) in [6, 6.07) is 10.2. The first-order valence-corrected chi connectivity index (χ1v) is 9.25. The summed E-state index contributed by atoms with van der Waals surface area (Å²) in [7, 11) is 0. The van der Waals surface area contributed by atoms with Gasteiger partial charge in [-0.3, -0.25) is 4.79 Å². The smallest absolute Gasteiger partial charge is 0.231 e. The van der Waals surface area contributed by atoms with E-state index < -0.39 is 0 Å². The Morgan fingerprint density at radius 1 is 1.46 bits per heavy atom. The number of carbonyl (C=O) groups excluding carboxylic acids is 1. The first-order valence-electron chi connectivity index (χ1n) is 8.37. The lowest BCUT2D eigenvalue weighted by Gasteiger charge is -2.17. The molecule has 3 rings (SSSR count). The first kappa shape index (κ1) is 17.0. The highest BCUT2D eigenvalue weighted by Crippen LogP contribution is 2.31. The van der Waals surface area contributed by atoms with Crippen molar-refractivity contribution in [3.05, 3.63) is 36.5 Å². The SMILES string of the molecule is CC[C@H](Sc1ncc(-c2ccccc2)n1C[C@@H]1CCCO1)C(N)=O. The number of aromatic nitrogens is 2. The Hall–Kier alpha value is -1.79. The van der Waals surface area contributed by atoms with E-state index >= 15 is 0 Å². The van der Waals surface area contributed by atoms with Gasteiger partial charge in [-0.2, -0.15) is 0 Å². The Morgan fingerprint density at radius 2 is 2.25 bits per heavy atom. The molecule has 0 saturated carbocycles. The number of amides is 1. The highest BCUT2D eigenvalue weighted by molar-refractivity contribution is 8.00. The average Bonchev–Trinajstić information content (AvgIpc) is 3.24. The first-order chi connectivity index (χ1) is 11.7. The van der Waals surface area contributed by atoms with E-state index in [1.807, 2.05) is 31.3 Å². The monoisotopic (exact) mass is 345 g/mol. The van der Waals surface area contributed by atoms with Crippen molar-refractivity contribution in [2.45, 2.75) is 49.2 Å². The van der Waals surface area contributed by atoms with Crippen LogP contribution in [0.4, 0.5) is 0 Å². The molecular weight excluding hydrogens is 322 g/mol. The molecule has 128 valence electrons. The van der Waals surface area contributed by atoms with E-state index in [-0.39, 0.29) is 17.3 Å². The van der Waals surface area contributed by atoms with E-state index in [1.165, 1.54) is 11.8 Å². The highest BCUT2D eigenvalue weighted by atomic mass is 32.2. The fourth-order valence-electron chi connectivity index (χ4n) is 2.93. The molecule has 0 bridgehead atoms. The molecule has 0 unspecified atom stereocenters. The maximum absolute atomic E-state index is 11.6. The van der Waals surface area contributed by atoms with Gasteiger partial charge in [0.05, 0.1) is 29.8 Å². The lowest BCUT2D eigenvalue weighted by Crippen LogP contribution is -2.26. The molecule has 1 saturated heterocycles. The van der Waals surface area contributed by atoms with Gasteiger partial charge >= 0.3 is 0 Å². The standard InChI is InChI=1S/C18H23N3O2S/c1-2-16(17(19)22)24-18-20-11-15(13-7-4-3-5-8-13)21(18)12-14-9-6-10-23-14/h3-5,7-8,11,14,16H,2,6,9-10,12H2,1H3,(H2,19,22)/t14-,16-/m0/s1. The van der Waals surface area contributed by atoms with Crippen LogP contribution in [-0.4, -0.2) is 33.4 Å². The van der Waals surface area contributed by atoms with Crippen LogP contribution < -0.4 is 5.73 Å². The van der Waals surface area contributed by atoms with E-state index in [9.17, 15) is 4.79 Å². The van der Waals surface area contributed by atoms with Gasteiger partial charge in [0.25, 0.3) is 0 Å². The number of nitrogens with two attached hydrogens (primary N) is 1. The molecule has 1 amide bonds. The van der Waals surface area contributed by atoms with Crippen molar-refractivity contribution in [1.82, 2.24) is 9.55 Å². The normalized spacial score (nSPS) is 18.6. The van der Waals surface area contributed by atoms with Crippen LogP contribution in [0.3, 0.4) is 0 Å². The Kier molecular flexibility index (Phi) is 5.58. The molecule has 1 aromatic carbocycles. The summed E-state index contributed by atoms with van der Waals surface area (Å²) in [5.41, 5.74) is 7.67. The number of nitrogens with zero attached hydrogens (tertiary/aromatic N) is 2. The van der Waals surface area contributed by atoms with Gasteiger partial charge < -0.3 is 15.0 Å². The number of rotatable bonds is 7. The number of hydrogen-bond acceptors (Lipinski definition) is 4. The fourth-order valence-corrected chi connectivity index (χ4v) is 3.88. The Morgan fingerprint density at radius 3 is 2.88 bits per heavy atom. The molecule has 5 nitrogen and oxygen atoms in total. The van der Waals surface area contributed by atoms with Crippen LogP contribution in [-0.2, 0) is 16.1 Å². The van der Waals surface area contributed by atoms with E-state index in [1.54, 1.807) is 0 Å². The van der Waals surface area contributed by atoms with Crippen molar-refractivity contribution < 1.29 is 9.53 Å². The predicted octanol–water partition coefficient (Wildman–Crippen LogP) is 3.09. The minimum Gasteiger partial charge on any atom is -0.376 e. The van der Waals surface area contributed by atoms with Crippen LogP contribution in [0.5, 0.6) is 0 Å². The van der Waals surface area contributed by atoms with Gasteiger partial charge in [0.15, 0.2) is 5.16 Å². The molecule has 2 N–H and O–H groups in total. The van der Waals surface area contributed by atoms with Crippen LogP contribution in [0.2, 0.25) is 0 Å². The molecule has 0 aliphatic carbocycles. The lowest BCUT2D eigenvalue weighted by atomic mass is 10.1. The molecule has 2 heterocycles. The molecular formula is C18H23N3O2S. The molecule has 0 radical (unpaired) electrons. The van der Waals surface area contributed by atoms with Crippen molar-refractivity contribution in [1.29, 1.82) is 0 Å². The zero-order valence-corrected chi connectivity index (χ0v) is 14.7. The van der Waals surface area contributed by atoms with Crippen molar-refractivity contribution in [3.8, 4) is 11.3 Å². The molecule has 0 spiro atoms. The van der Waals surface area contributed by atoms with E-state index in [2.05, 4.69) is 21.7 Å². The maximum Gasteiger partial charge on any atom is 0.231 e. The number of carbonyl (C=O) groups is 1. The molecule has 1 aliphatic rings. The largest absolute Gasteiger partial charge is 0.376 e. The Balaban J connectivity index is 1.92. The zero-order chi connectivity index (χ0) is 16.9. The van der Waals surface area contributed by atoms with E-state index in [0.29, 0.717) is 6.42 Å². The Bertz CT molecular complexity index is 681. The third-order valence-corrected chi connectivity index (χ3v) is 5.62. The topological polar surface area (TPSA) is 70.1 Å². The third-order valence-electron chi connectivity index (χ3n) is 4.23. The van der Waals surface area contributed by atoms with Crippen molar-refractivity contribution >= 4 is 17.7 Å². The number of imidazole rings is 1. The van der Waals surface area contributed by atoms with Gasteiger partial charge in [-0.1, -0.05) is 49.0 Å². The minimum absolute atomic E-state index is 0.203. The van der Waals surface area contributed by atoms with Crippen molar-refractivity contribution in [2.24, 2.45) is 5.73 Å². The van der Waals surface area contributed by atoms with Crippen LogP contribution >= 0.6 is 11.8 Å². The van der Waals surface area contributed by atoms with Gasteiger partial charge in [0.1, 0.15) is 0 Å². The summed E-state index contributed by atoms with van der Waals surface area (Å²) in [6.07, 6.45) is 4.92. The van der Waals surface area contributed by atoms with Crippen molar-refractivity contribution in [2.75, 3.05) is 6.61 Å². The zero-order valence-electron chi connectivity index (χ0n) is 13.9. The summed E-state index contributed by atoms with van der Waals surface area (Å²) in [5.74, 6) is -0.296. The predicted molar refractivity (Wildman–Crippen MR) is 95.8 cm³/mol. The third kappa shape index (κ3) is 3.82. The highest BCUT2D eigenvalue weighted by Gasteiger charge is 2.23. The summed E-state index contributed by atoms with van der Waals surface area (Å²) < 4.78 is 7.97. The van der Waals surface area contributed by atoms with Crippen LogP contribution in [0.1, 0.15) is 26.2 Å². The molecule has 1 aromatic heterocycles. The van der Waals surface area contributed by atoms with Crippen LogP contribution in [0.25, 0.3) is 11.3 Å². The molecule has 2 aromatic rings. The van der Waals surface area contributed by atoms with Gasteiger partial charge in [-0.05, 0) is 24.8 Å². The fraction of sp³-hybridized carbons (Fsp3) is 0.444. The molecule has 6 heteroatoms. The van der Waals surface area contributed by atoms with Crippen molar-refractivity contribution in [3.63, 3.8) is 0 Å². The summed E-state index contributed by atoms with van der Waals surface area (Å²) in [6.45, 7) is 3.54. The quantitative estimate of drug-likeness (QED) is 0.783. The number of thioether (sulfide) groups is 1. The lowest BCUT2D eigenvalue weighted by molar-refractivity contribution is -0.117. The second-order valence-corrected chi connectivity index (χ2v) is 7.12. The van der Waals surface area contributed by atoms with Gasteiger partial charge in [-0.25, -0.2) is 4.98 Å². The molecule has 24 heavy (non-hydrogen) atoms. The number of hydrogen-bond donors (Lipinski definition) is 1. The summed E-state index contributed by atoms with van der Waals surface area (Å²) in [4.78, 5) is 16.2. The number of benzene rings is 1. The van der Waals surface area contributed by atoms with Gasteiger partial charge in [-0.15, -0.1) is 0 Å². The summed E-state index contributed by atoms with van der Waals surface area (Å²) in [5, 5.41) is 0.564. The average molecular weight is 345 g/mol. The van der Waals surface area contributed by atoms with Gasteiger partial charge in [0.2, 0.25) is 5.91 Å². The van der Waals surface area contributed by atoms with Crippen LogP contribution in [0.15, 0.2) is 41.7 Å². The van der Waals surface area contributed by atoms with Crippen LogP contribution in [0, 0.1) is 0 Å². The van der Waals surface area contributed by atoms with E-state index in [4.69, 9.17) is 10.5 Å². The van der Waals surface area contributed by atoms with E-state index in [0.717, 1.165) is 42.4 Å². The number of primary amides is 1. The maximum atomic E-state index is 11.6. The Labute approximate surface area is 146 Å².